The quantitative estimate of drug-likeness (QED) is 0.850. The summed E-state index contributed by atoms with van der Waals surface area (Å²) in [5, 5.41) is 3.24. The Bertz CT molecular complexity index is 582. The highest BCUT2D eigenvalue weighted by Gasteiger charge is 2.23. The number of anilines is 1. The third-order valence-corrected chi connectivity index (χ3v) is 4.45. The van der Waals surface area contributed by atoms with Crippen LogP contribution in [0.4, 0.5) is 5.69 Å². The van der Waals surface area contributed by atoms with Crippen molar-refractivity contribution < 1.29 is 9.53 Å². The Morgan fingerprint density at radius 2 is 2.05 bits per heavy atom. The number of methoxy groups -OCH3 is 1. The second kappa shape index (κ2) is 6.21. The van der Waals surface area contributed by atoms with Crippen molar-refractivity contribution >= 4 is 38.9 Å². The molecule has 0 fully saturated rings. The smallest absolute Gasteiger partial charge is 0.333 e. The van der Waals surface area contributed by atoms with Gasteiger partial charge in [0.2, 0.25) is 0 Å². The van der Waals surface area contributed by atoms with Gasteiger partial charge in [0, 0.05) is 10.6 Å². The number of hydrogen-bond donors (Lipinski definition) is 1. The molecule has 0 aliphatic carbocycles. The molecule has 2 aromatic rings. The molecule has 0 saturated heterocycles. The molecular weight excluding hydrogens is 326 g/mol. The van der Waals surface area contributed by atoms with Crippen molar-refractivity contribution in [2.75, 3.05) is 12.4 Å². The summed E-state index contributed by atoms with van der Waals surface area (Å²) < 4.78 is 5.87. The van der Waals surface area contributed by atoms with Gasteiger partial charge in [0.1, 0.15) is 0 Å². The van der Waals surface area contributed by atoms with Crippen molar-refractivity contribution in [3.8, 4) is 0 Å². The van der Waals surface area contributed by atoms with E-state index in [-0.39, 0.29) is 5.97 Å². The summed E-state index contributed by atoms with van der Waals surface area (Å²) in [7, 11) is 1.40. The van der Waals surface area contributed by atoms with Gasteiger partial charge < -0.3 is 10.1 Å². The van der Waals surface area contributed by atoms with Gasteiger partial charge in [-0.05, 0) is 46.6 Å². The van der Waals surface area contributed by atoms with E-state index in [1.54, 1.807) is 0 Å². The first kappa shape index (κ1) is 14.1. The van der Waals surface area contributed by atoms with E-state index in [0.717, 1.165) is 19.9 Å². The molecule has 0 saturated carbocycles. The fraction of sp³-hybridized carbons (Fsp3) is 0.214. The molecule has 0 radical (unpaired) electrons. The molecular formula is C14H14BrNO2S. The van der Waals surface area contributed by atoms with Crippen LogP contribution in [0.25, 0.3) is 0 Å². The number of esters is 1. The number of benzene rings is 1. The average molecular weight is 340 g/mol. The predicted molar refractivity (Wildman–Crippen MR) is 81.6 cm³/mol. The maximum absolute atomic E-state index is 11.9. The van der Waals surface area contributed by atoms with E-state index in [0.29, 0.717) is 0 Å². The summed E-state index contributed by atoms with van der Waals surface area (Å²) in [4.78, 5) is 12.9. The second-order valence-electron chi connectivity index (χ2n) is 4.06. The first-order valence-electron chi connectivity index (χ1n) is 5.77. The van der Waals surface area contributed by atoms with Crippen molar-refractivity contribution in [1.82, 2.24) is 0 Å². The van der Waals surface area contributed by atoms with Gasteiger partial charge in [-0.2, -0.15) is 0 Å². The normalized spacial score (nSPS) is 11.9. The van der Waals surface area contributed by atoms with Crippen LogP contribution in [0.3, 0.4) is 0 Å². The van der Waals surface area contributed by atoms with Gasteiger partial charge in [-0.25, -0.2) is 4.79 Å². The van der Waals surface area contributed by atoms with Crippen LogP contribution >= 0.6 is 27.3 Å². The highest BCUT2D eigenvalue weighted by Crippen LogP contribution is 2.31. The second-order valence-corrected chi connectivity index (χ2v) is 6.55. The first-order valence-corrected chi connectivity index (χ1v) is 7.38. The molecule has 3 nitrogen and oxygen atoms in total. The Hall–Kier alpha value is -1.33. The van der Waals surface area contributed by atoms with Gasteiger partial charge in [-0.1, -0.05) is 18.2 Å². The van der Waals surface area contributed by atoms with E-state index in [4.69, 9.17) is 4.74 Å². The lowest BCUT2D eigenvalue weighted by Gasteiger charge is -2.17. The summed E-state index contributed by atoms with van der Waals surface area (Å²) in [6.45, 7) is 2.00. The van der Waals surface area contributed by atoms with Crippen molar-refractivity contribution in [2.24, 2.45) is 0 Å². The fourth-order valence-electron chi connectivity index (χ4n) is 1.74. The van der Waals surface area contributed by atoms with Crippen molar-refractivity contribution in [2.45, 2.75) is 13.0 Å². The number of carbonyl (C=O) groups excluding carboxylic acids is 1. The molecule has 2 rings (SSSR count). The van der Waals surface area contributed by atoms with Crippen LogP contribution in [0, 0.1) is 6.92 Å². The summed E-state index contributed by atoms with van der Waals surface area (Å²) >= 11 is 4.93. The summed E-state index contributed by atoms with van der Waals surface area (Å²) in [5.41, 5.74) is 2.02. The van der Waals surface area contributed by atoms with E-state index in [1.807, 2.05) is 43.3 Å². The van der Waals surface area contributed by atoms with Crippen LogP contribution in [-0.4, -0.2) is 13.1 Å². The van der Waals surface area contributed by atoms with Gasteiger partial charge in [-0.3, -0.25) is 0 Å². The molecule has 0 aliphatic heterocycles. The zero-order valence-electron chi connectivity index (χ0n) is 10.6. The zero-order valence-corrected chi connectivity index (χ0v) is 13.0. The van der Waals surface area contributed by atoms with Crippen LogP contribution in [0.15, 0.2) is 40.2 Å². The molecule has 1 aromatic carbocycles. The molecule has 1 unspecified atom stereocenters. The van der Waals surface area contributed by atoms with Crippen molar-refractivity contribution in [3.63, 3.8) is 0 Å². The Labute approximate surface area is 124 Å². The molecule has 0 bridgehead atoms. The third kappa shape index (κ3) is 3.36. The number of nitrogens with one attached hydrogen (secondary N) is 1. The van der Waals surface area contributed by atoms with E-state index in [2.05, 4.69) is 21.2 Å². The number of halogens is 1. The van der Waals surface area contributed by atoms with E-state index in [9.17, 15) is 4.79 Å². The number of carbonyl (C=O) groups is 1. The predicted octanol–water partition coefficient (Wildman–Crippen LogP) is 4.15. The largest absolute Gasteiger partial charge is 0.467 e. The van der Waals surface area contributed by atoms with Crippen LogP contribution in [0.2, 0.25) is 0 Å². The molecule has 0 amide bonds. The summed E-state index contributed by atoms with van der Waals surface area (Å²) in [5.74, 6) is -0.294. The average Bonchev–Trinajstić information content (AvgIpc) is 2.83. The van der Waals surface area contributed by atoms with Crippen LogP contribution in [0.1, 0.15) is 16.5 Å². The fourth-order valence-corrected chi connectivity index (χ4v) is 3.20. The van der Waals surface area contributed by atoms with E-state index >= 15 is 0 Å². The summed E-state index contributed by atoms with van der Waals surface area (Å²) in [6.07, 6.45) is 0. The Kier molecular flexibility index (Phi) is 4.61. The lowest BCUT2D eigenvalue weighted by molar-refractivity contribution is -0.141. The maximum Gasteiger partial charge on any atom is 0.333 e. The minimum Gasteiger partial charge on any atom is -0.467 e. The number of ether oxygens (including phenoxy) is 1. The minimum absolute atomic E-state index is 0.294. The molecule has 100 valence electrons. The summed E-state index contributed by atoms with van der Waals surface area (Å²) in [6, 6.07) is 11.2. The van der Waals surface area contributed by atoms with Gasteiger partial charge in [0.05, 0.1) is 10.9 Å². The Morgan fingerprint density at radius 3 is 2.63 bits per heavy atom. The van der Waals surface area contributed by atoms with Gasteiger partial charge in [0.25, 0.3) is 0 Å². The standard InChI is InChI=1S/C14H14BrNO2S/c1-9-5-3-4-6-10(9)16-13(14(17)18-2)11-7-8-12(15)19-11/h3-8,13,16H,1-2H3. The van der Waals surface area contributed by atoms with Gasteiger partial charge in [-0.15, -0.1) is 11.3 Å². The molecule has 0 spiro atoms. The monoisotopic (exact) mass is 339 g/mol. The molecule has 1 atom stereocenters. The highest BCUT2D eigenvalue weighted by molar-refractivity contribution is 9.11. The molecule has 1 heterocycles. The molecule has 19 heavy (non-hydrogen) atoms. The highest BCUT2D eigenvalue weighted by atomic mass is 79.9. The number of hydrogen-bond acceptors (Lipinski definition) is 4. The van der Waals surface area contributed by atoms with Crippen LogP contribution < -0.4 is 5.32 Å². The van der Waals surface area contributed by atoms with Crippen molar-refractivity contribution in [3.05, 3.63) is 50.6 Å². The number of rotatable bonds is 4. The lowest BCUT2D eigenvalue weighted by Crippen LogP contribution is -2.21. The Balaban J connectivity index is 2.29. The Morgan fingerprint density at radius 1 is 1.32 bits per heavy atom. The lowest BCUT2D eigenvalue weighted by atomic mass is 10.1. The zero-order chi connectivity index (χ0) is 13.8. The van der Waals surface area contributed by atoms with E-state index < -0.39 is 6.04 Å². The van der Waals surface area contributed by atoms with Gasteiger partial charge >= 0.3 is 5.97 Å². The molecule has 1 aromatic heterocycles. The first-order chi connectivity index (χ1) is 9.11. The molecule has 5 heteroatoms. The van der Waals surface area contributed by atoms with Crippen LogP contribution in [0.5, 0.6) is 0 Å². The molecule has 1 N–H and O–H groups in total. The maximum atomic E-state index is 11.9. The minimum atomic E-state index is -0.484. The topological polar surface area (TPSA) is 38.3 Å². The van der Waals surface area contributed by atoms with Crippen molar-refractivity contribution in [1.29, 1.82) is 0 Å². The number of para-hydroxylation sites is 1. The van der Waals surface area contributed by atoms with E-state index in [1.165, 1.54) is 18.4 Å². The number of aryl methyl sites for hydroxylation is 1. The van der Waals surface area contributed by atoms with Crippen LogP contribution in [-0.2, 0) is 9.53 Å². The third-order valence-electron chi connectivity index (χ3n) is 2.76. The number of thiophene rings is 1. The van der Waals surface area contributed by atoms with Gasteiger partial charge in [0.15, 0.2) is 6.04 Å². The SMILES string of the molecule is COC(=O)C(Nc1ccccc1C)c1ccc(Br)s1. The molecule has 0 aliphatic rings.